The normalized spacial score (nSPS) is 26.2. The molecule has 1 aromatic carbocycles. The van der Waals surface area contributed by atoms with Gasteiger partial charge in [0.2, 0.25) is 41.4 Å². The molecule has 2 heterocycles. The number of cyclic esters (lactones) is 1. The summed E-state index contributed by atoms with van der Waals surface area (Å²) in [6, 6.07) is -1.14. The average Bonchev–Trinajstić information content (AvgIpc) is 3.20. The molecule has 0 radical (unpaired) electrons. The van der Waals surface area contributed by atoms with Gasteiger partial charge < -0.3 is 46.2 Å². The first-order valence-corrected chi connectivity index (χ1v) is 21.2. The molecular formula is C43H67N7O10. The molecule has 334 valence electrons. The number of phenolic OH excluding ortho intramolecular Hbond substituents is 1. The molecule has 1 aromatic rings. The number of benzene rings is 1. The number of hydrogen-bond donors (Lipinski definition) is 6. The van der Waals surface area contributed by atoms with Crippen LogP contribution in [0.25, 0.3) is 0 Å². The van der Waals surface area contributed by atoms with Gasteiger partial charge in [0.05, 0.1) is 6.54 Å². The van der Waals surface area contributed by atoms with Gasteiger partial charge in [-0.3, -0.25) is 33.6 Å². The molecule has 9 atom stereocenters. The summed E-state index contributed by atoms with van der Waals surface area (Å²) in [5.74, 6) is -6.71. The van der Waals surface area contributed by atoms with Crippen molar-refractivity contribution >= 4 is 47.3 Å². The summed E-state index contributed by atoms with van der Waals surface area (Å²) in [4.78, 5) is 114. The number of carbonyl (C=O) groups excluding carboxylic acids is 8. The first kappa shape index (κ1) is 49.1. The van der Waals surface area contributed by atoms with E-state index in [2.05, 4.69) is 26.6 Å². The van der Waals surface area contributed by atoms with Crippen LogP contribution in [0.3, 0.4) is 0 Å². The highest BCUT2D eigenvalue weighted by Gasteiger charge is 2.44. The predicted octanol–water partition coefficient (Wildman–Crippen LogP) is 1.55. The van der Waals surface area contributed by atoms with Gasteiger partial charge in [-0.15, -0.1) is 0 Å². The number of aromatic hydroxyl groups is 1. The Kier molecular flexibility index (Phi) is 18.3. The molecule has 0 aromatic heterocycles. The largest absolute Gasteiger partial charge is 0.508 e. The van der Waals surface area contributed by atoms with Gasteiger partial charge in [-0.1, -0.05) is 80.4 Å². The third kappa shape index (κ3) is 13.1. The van der Waals surface area contributed by atoms with Crippen LogP contribution in [-0.4, -0.2) is 125 Å². The number of piperidine rings is 1. The van der Waals surface area contributed by atoms with E-state index < -0.39 is 108 Å². The second-order valence-corrected chi connectivity index (χ2v) is 17.0. The molecule has 3 rings (SSSR count). The number of nitrogens with one attached hydrogen (secondary N) is 5. The summed E-state index contributed by atoms with van der Waals surface area (Å²) < 4.78 is 5.86. The molecule has 17 nitrogen and oxygen atoms in total. The van der Waals surface area contributed by atoms with Gasteiger partial charge in [-0.05, 0) is 61.6 Å². The van der Waals surface area contributed by atoms with Crippen molar-refractivity contribution in [3.63, 3.8) is 0 Å². The zero-order valence-electron chi connectivity index (χ0n) is 36.8. The zero-order chi connectivity index (χ0) is 45.0. The van der Waals surface area contributed by atoms with Crippen molar-refractivity contribution in [3.8, 4) is 5.75 Å². The fourth-order valence-electron chi connectivity index (χ4n) is 7.31. The van der Waals surface area contributed by atoms with Crippen molar-refractivity contribution in [1.82, 2.24) is 36.4 Å². The zero-order valence-corrected chi connectivity index (χ0v) is 36.8. The molecule has 7 amide bonds. The van der Waals surface area contributed by atoms with Gasteiger partial charge in [-0.2, -0.15) is 0 Å². The number of esters is 1. The van der Waals surface area contributed by atoms with E-state index in [1.54, 1.807) is 32.9 Å². The molecule has 2 aliphatic rings. The molecule has 2 aliphatic heterocycles. The minimum absolute atomic E-state index is 0.00273. The Morgan fingerprint density at radius 2 is 1.50 bits per heavy atom. The van der Waals surface area contributed by atoms with E-state index in [1.165, 1.54) is 35.9 Å². The highest BCUT2D eigenvalue weighted by atomic mass is 16.5. The first-order chi connectivity index (χ1) is 28.2. The quantitative estimate of drug-likeness (QED) is 0.166. The van der Waals surface area contributed by atoms with Crippen LogP contribution < -0.4 is 26.6 Å². The summed E-state index contributed by atoms with van der Waals surface area (Å²) in [5.41, 5.74) is 0.601. The third-order valence-corrected chi connectivity index (χ3v) is 11.5. The molecule has 2 fully saturated rings. The second kappa shape index (κ2) is 22.4. The fourth-order valence-corrected chi connectivity index (χ4v) is 7.31. The van der Waals surface area contributed by atoms with Crippen molar-refractivity contribution in [2.45, 2.75) is 143 Å². The number of likely N-dealkylation sites (N-methyl/N-ethyl adjacent to an activating group) is 1. The van der Waals surface area contributed by atoms with Crippen LogP contribution in [0.15, 0.2) is 24.3 Å². The number of fused-ring (bicyclic) bond motifs is 2. The maximum atomic E-state index is 14.8. The number of amides is 7. The van der Waals surface area contributed by atoms with E-state index in [-0.39, 0.29) is 43.4 Å². The van der Waals surface area contributed by atoms with E-state index in [4.69, 9.17) is 4.74 Å². The summed E-state index contributed by atoms with van der Waals surface area (Å²) in [6.07, 6.45) is 0.395. The Morgan fingerprint density at radius 1 is 0.867 bits per heavy atom. The number of rotatable bonds is 12. The fraction of sp³-hybridized carbons (Fsp3) is 0.674. The highest BCUT2D eigenvalue weighted by molar-refractivity contribution is 5.98. The van der Waals surface area contributed by atoms with E-state index in [0.717, 1.165) is 0 Å². The molecule has 60 heavy (non-hydrogen) atoms. The number of nitrogens with zero attached hydrogens (tertiary/aromatic N) is 2. The summed E-state index contributed by atoms with van der Waals surface area (Å²) >= 11 is 0. The lowest BCUT2D eigenvalue weighted by Gasteiger charge is -2.42. The summed E-state index contributed by atoms with van der Waals surface area (Å²) in [7, 11) is 1.47. The van der Waals surface area contributed by atoms with E-state index in [1.807, 2.05) is 34.6 Å². The topological polar surface area (TPSA) is 233 Å². The van der Waals surface area contributed by atoms with Crippen molar-refractivity contribution in [2.75, 3.05) is 20.1 Å². The van der Waals surface area contributed by atoms with Crippen LogP contribution in [0, 0.1) is 23.7 Å². The van der Waals surface area contributed by atoms with Gasteiger partial charge in [0, 0.05) is 25.9 Å². The first-order valence-electron chi connectivity index (χ1n) is 21.2. The monoisotopic (exact) mass is 841 g/mol. The van der Waals surface area contributed by atoms with Crippen molar-refractivity contribution in [3.05, 3.63) is 29.8 Å². The van der Waals surface area contributed by atoms with Gasteiger partial charge in [0.1, 0.15) is 48.1 Å². The number of hydrogen-bond acceptors (Lipinski definition) is 10. The maximum absolute atomic E-state index is 14.8. The summed E-state index contributed by atoms with van der Waals surface area (Å²) in [5, 5.41) is 23.3. The van der Waals surface area contributed by atoms with Crippen molar-refractivity contribution < 1.29 is 48.2 Å². The van der Waals surface area contributed by atoms with Gasteiger partial charge >= 0.3 is 5.97 Å². The Balaban J connectivity index is 2.19. The molecule has 17 heteroatoms. The standard InChI is InChI=1S/C43H67N7O10/c1-11-25(7)34-43(59)60-27(9)35(47-33(52)22-44-37(53)24(5)6)40(56)46-31(20-23(3)4)38(54)45-30-14-13-19-50(41(30)57)36(26(8)12-2)42(58)49(10)32(39(55)48-34)21-28-15-17-29(51)18-16-28/h15-18,23-27,30-32,34-36,51H,11-14,19-22H2,1-10H3,(H,44,53)(H,45,54)(H,46,56)(H,47,52)(H,48,55)/t25-,26-,27+,30-,31-,32-,34-,35-,36?/m0/s1. The molecule has 0 saturated carbocycles. The number of phenols is 1. The molecule has 0 spiro atoms. The number of ether oxygens (including phenoxy) is 1. The third-order valence-electron chi connectivity index (χ3n) is 11.5. The van der Waals surface area contributed by atoms with Crippen LogP contribution in [0.2, 0.25) is 0 Å². The minimum Gasteiger partial charge on any atom is -0.508 e. The van der Waals surface area contributed by atoms with Gasteiger partial charge in [-0.25, -0.2) is 4.79 Å². The molecule has 0 aliphatic carbocycles. The summed E-state index contributed by atoms with van der Waals surface area (Å²) in [6.45, 7) is 15.4. The Hall–Kier alpha value is -5.22. The Bertz CT molecular complexity index is 1700. The van der Waals surface area contributed by atoms with Crippen LogP contribution in [0.5, 0.6) is 5.75 Å². The SMILES string of the molecule is CC[C@H](C)C1C(=O)N(C)[C@@H](Cc2ccc(O)cc2)C(=O)N[C@@H]([C@@H](C)CC)C(=O)O[C@H](C)[C@H](NC(=O)CNC(=O)C(C)C)C(=O)N[C@@H](CC(C)C)C(=O)N[C@H]2CCCN1C2=O. The Labute approximate surface area is 353 Å². The van der Waals surface area contributed by atoms with Gasteiger partial charge in [0.25, 0.3) is 0 Å². The van der Waals surface area contributed by atoms with E-state index in [0.29, 0.717) is 24.8 Å². The maximum Gasteiger partial charge on any atom is 0.329 e. The molecule has 6 N–H and O–H groups in total. The predicted molar refractivity (Wildman–Crippen MR) is 223 cm³/mol. The van der Waals surface area contributed by atoms with Crippen molar-refractivity contribution in [2.24, 2.45) is 23.7 Å². The molecular weight excluding hydrogens is 775 g/mol. The Morgan fingerprint density at radius 3 is 2.08 bits per heavy atom. The van der Waals surface area contributed by atoms with E-state index >= 15 is 0 Å². The van der Waals surface area contributed by atoms with Crippen LogP contribution in [0.1, 0.15) is 100.0 Å². The second-order valence-electron chi connectivity index (χ2n) is 17.0. The van der Waals surface area contributed by atoms with Gasteiger partial charge in [0.15, 0.2) is 0 Å². The lowest BCUT2D eigenvalue weighted by molar-refractivity contribution is -0.158. The lowest BCUT2D eigenvalue weighted by Crippen LogP contribution is -2.63. The molecule has 1 unspecified atom stereocenters. The lowest BCUT2D eigenvalue weighted by atomic mass is 9.91. The van der Waals surface area contributed by atoms with E-state index in [9.17, 15) is 43.5 Å². The van der Waals surface area contributed by atoms with Crippen molar-refractivity contribution in [1.29, 1.82) is 0 Å². The van der Waals surface area contributed by atoms with Crippen LogP contribution in [0.4, 0.5) is 0 Å². The smallest absolute Gasteiger partial charge is 0.329 e. The minimum atomic E-state index is -1.57. The average molecular weight is 842 g/mol. The van der Waals surface area contributed by atoms with Crippen LogP contribution >= 0.6 is 0 Å². The molecule has 2 saturated heterocycles. The highest BCUT2D eigenvalue weighted by Crippen LogP contribution is 2.25. The number of carbonyl (C=O) groups is 8. The van der Waals surface area contributed by atoms with Crippen LogP contribution in [-0.2, 0) is 49.5 Å². The molecule has 2 bridgehead atoms.